The summed E-state index contributed by atoms with van der Waals surface area (Å²) in [4.78, 5) is 22.9. The van der Waals surface area contributed by atoms with Gasteiger partial charge in [0.25, 0.3) is 0 Å². The van der Waals surface area contributed by atoms with Gasteiger partial charge in [-0.2, -0.15) is 0 Å². The molecule has 1 aromatic heterocycles. The van der Waals surface area contributed by atoms with Gasteiger partial charge in [0.1, 0.15) is 18.3 Å². The molecule has 6 heteroatoms. The van der Waals surface area contributed by atoms with E-state index in [4.69, 9.17) is 9.26 Å². The SMILES string of the molecule is Cc1ccc(-c2cc(COC(=O)C3CCC(=O)N3)no2)cc1. The molecule has 1 aromatic carbocycles. The summed E-state index contributed by atoms with van der Waals surface area (Å²) in [6.45, 7) is 2.04. The predicted octanol–water partition coefficient (Wildman–Crippen LogP) is 1.97. The first-order valence-electron chi connectivity index (χ1n) is 7.10. The number of aromatic nitrogens is 1. The molecule has 22 heavy (non-hydrogen) atoms. The van der Waals surface area contributed by atoms with Gasteiger partial charge in [0.05, 0.1) is 0 Å². The minimum Gasteiger partial charge on any atom is -0.458 e. The number of hydrogen-bond donors (Lipinski definition) is 1. The molecule has 1 unspecified atom stereocenters. The van der Waals surface area contributed by atoms with Gasteiger partial charge in [0, 0.05) is 18.1 Å². The van der Waals surface area contributed by atoms with Crippen molar-refractivity contribution >= 4 is 11.9 Å². The van der Waals surface area contributed by atoms with Gasteiger partial charge in [-0.25, -0.2) is 4.79 Å². The van der Waals surface area contributed by atoms with Crippen LogP contribution in [-0.2, 0) is 20.9 Å². The fourth-order valence-corrected chi connectivity index (χ4v) is 2.27. The maximum Gasteiger partial charge on any atom is 0.329 e. The van der Waals surface area contributed by atoms with Crippen LogP contribution in [0.25, 0.3) is 11.3 Å². The molecule has 0 radical (unpaired) electrons. The number of aryl methyl sites for hydroxylation is 1. The van der Waals surface area contributed by atoms with Crippen molar-refractivity contribution in [1.29, 1.82) is 0 Å². The van der Waals surface area contributed by atoms with Crippen molar-refractivity contribution in [2.45, 2.75) is 32.4 Å². The van der Waals surface area contributed by atoms with E-state index in [1.807, 2.05) is 31.2 Å². The Morgan fingerprint density at radius 3 is 2.86 bits per heavy atom. The van der Waals surface area contributed by atoms with E-state index in [-0.39, 0.29) is 12.5 Å². The molecular formula is C16H16N2O4. The number of esters is 1. The molecule has 0 spiro atoms. The lowest BCUT2D eigenvalue weighted by molar-refractivity contribution is -0.147. The zero-order chi connectivity index (χ0) is 15.5. The zero-order valence-corrected chi connectivity index (χ0v) is 12.2. The number of carbonyl (C=O) groups excluding carboxylic acids is 2. The monoisotopic (exact) mass is 300 g/mol. The molecule has 2 heterocycles. The third kappa shape index (κ3) is 3.16. The number of nitrogens with one attached hydrogen (secondary N) is 1. The molecule has 1 aliphatic heterocycles. The summed E-state index contributed by atoms with van der Waals surface area (Å²) < 4.78 is 10.4. The van der Waals surface area contributed by atoms with Crippen molar-refractivity contribution in [3.8, 4) is 11.3 Å². The van der Waals surface area contributed by atoms with Crippen LogP contribution in [0.5, 0.6) is 0 Å². The van der Waals surface area contributed by atoms with Gasteiger partial charge in [-0.15, -0.1) is 0 Å². The molecule has 0 aliphatic carbocycles. The van der Waals surface area contributed by atoms with Crippen LogP contribution in [0.1, 0.15) is 24.1 Å². The standard InChI is InChI=1S/C16H16N2O4/c1-10-2-4-11(5-3-10)14-8-12(18-22-14)9-21-16(20)13-6-7-15(19)17-13/h2-5,8,13H,6-7,9H2,1H3,(H,17,19). The number of nitrogens with zero attached hydrogens (tertiary/aromatic N) is 1. The van der Waals surface area contributed by atoms with Gasteiger partial charge in [0.2, 0.25) is 5.91 Å². The second-order valence-corrected chi connectivity index (χ2v) is 5.32. The van der Waals surface area contributed by atoms with Crippen LogP contribution >= 0.6 is 0 Å². The molecule has 0 bridgehead atoms. The Morgan fingerprint density at radius 1 is 1.41 bits per heavy atom. The number of ether oxygens (including phenoxy) is 1. The number of benzene rings is 1. The topological polar surface area (TPSA) is 81.4 Å². The van der Waals surface area contributed by atoms with E-state index >= 15 is 0 Å². The molecule has 1 amide bonds. The summed E-state index contributed by atoms with van der Waals surface area (Å²) >= 11 is 0. The molecule has 1 N–H and O–H groups in total. The predicted molar refractivity (Wildman–Crippen MR) is 77.6 cm³/mol. The smallest absolute Gasteiger partial charge is 0.329 e. The number of rotatable bonds is 4. The molecule has 1 fully saturated rings. The summed E-state index contributed by atoms with van der Waals surface area (Å²) in [7, 11) is 0. The molecule has 0 saturated carbocycles. The molecule has 3 rings (SSSR count). The van der Waals surface area contributed by atoms with E-state index < -0.39 is 12.0 Å². The van der Waals surface area contributed by atoms with E-state index in [0.717, 1.165) is 11.1 Å². The summed E-state index contributed by atoms with van der Waals surface area (Å²) in [5, 5.41) is 6.46. The molecule has 6 nitrogen and oxygen atoms in total. The third-order valence-electron chi connectivity index (χ3n) is 3.54. The van der Waals surface area contributed by atoms with Crippen LogP contribution in [0.2, 0.25) is 0 Å². The van der Waals surface area contributed by atoms with Crippen molar-refractivity contribution in [1.82, 2.24) is 10.5 Å². The maximum absolute atomic E-state index is 11.8. The molecule has 2 aromatic rings. The summed E-state index contributed by atoms with van der Waals surface area (Å²) in [5.74, 6) is 0.0657. The molecular weight excluding hydrogens is 284 g/mol. The number of amides is 1. The summed E-state index contributed by atoms with van der Waals surface area (Å²) in [6.07, 6.45) is 0.840. The minimum atomic E-state index is -0.545. The quantitative estimate of drug-likeness (QED) is 0.873. The first kappa shape index (κ1) is 14.3. The van der Waals surface area contributed by atoms with Crippen LogP contribution in [0.15, 0.2) is 34.9 Å². The Kier molecular flexibility index (Phi) is 3.91. The molecule has 1 atom stereocenters. The highest BCUT2D eigenvalue weighted by atomic mass is 16.5. The number of hydrogen-bond acceptors (Lipinski definition) is 5. The van der Waals surface area contributed by atoms with E-state index in [1.165, 1.54) is 0 Å². The lowest BCUT2D eigenvalue weighted by Crippen LogP contribution is -2.34. The van der Waals surface area contributed by atoms with E-state index in [2.05, 4.69) is 10.5 Å². The Morgan fingerprint density at radius 2 is 2.18 bits per heavy atom. The zero-order valence-electron chi connectivity index (χ0n) is 12.2. The molecule has 1 aliphatic rings. The van der Waals surface area contributed by atoms with Crippen LogP contribution in [-0.4, -0.2) is 23.1 Å². The highest BCUT2D eigenvalue weighted by Crippen LogP contribution is 2.21. The van der Waals surface area contributed by atoms with Crippen molar-refractivity contribution in [2.75, 3.05) is 0 Å². The van der Waals surface area contributed by atoms with E-state index in [0.29, 0.717) is 24.3 Å². The highest BCUT2D eigenvalue weighted by Gasteiger charge is 2.28. The fourth-order valence-electron chi connectivity index (χ4n) is 2.27. The highest BCUT2D eigenvalue weighted by molar-refractivity contribution is 5.88. The van der Waals surface area contributed by atoms with Gasteiger partial charge in [-0.05, 0) is 13.3 Å². The van der Waals surface area contributed by atoms with Crippen LogP contribution in [0.4, 0.5) is 0 Å². The van der Waals surface area contributed by atoms with Crippen molar-refractivity contribution in [3.05, 3.63) is 41.6 Å². The average Bonchev–Trinajstić information content (AvgIpc) is 3.15. The molecule has 1 saturated heterocycles. The van der Waals surface area contributed by atoms with Crippen molar-refractivity contribution < 1.29 is 18.8 Å². The van der Waals surface area contributed by atoms with Crippen LogP contribution in [0, 0.1) is 6.92 Å². The van der Waals surface area contributed by atoms with E-state index in [9.17, 15) is 9.59 Å². The Hall–Kier alpha value is -2.63. The van der Waals surface area contributed by atoms with Gasteiger partial charge >= 0.3 is 5.97 Å². The second-order valence-electron chi connectivity index (χ2n) is 5.32. The Balaban J connectivity index is 1.59. The Labute approximate surface area is 127 Å². The van der Waals surface area contributed by atoms with Crippen LogP contribution in [0.3, 0.4) is 0 Å². The van der Waals surface area contributed by atoms with E-state index in [1.54, 1.807) is 6.07 Å². The first-order chi connectivity index (χ1) is 10.6. The van der Waals surface area contributed by atoms with Crippen molar-refractivity contribution in [2.24, 2.45) is 0 Å². The fraction of sp³-hybridized carbons (Fsp3) is 0.312. The third-order valence-corrected chi connectivity index (χ3v) is 3.54. The van der Waals surface area contributed by atoms with Gasteiger partial charge in [-0.1, -0.05) is 35.0 Å². The first-order valence-corrected chi connectivity index (χ1v) is 7.10. The lowest BCUT2D eigenvalue weighted by atomic mass is 10.1. The van der Waals surface area contributed by atoms with Crippen molar-refractivity contribution in [3.63, 3.8) is 0 Å². The Bertz CT molecular complexity index is 690. The normalized spacial score (nSPS) is 17.3. The van der Waals surface area contributed by atoms with Gasteiger partial charge < -0.3 is 14.6 Å². The van der Waals surface area contributed by atoms with Crippen LogP contribution < -0.4 is 5.32 Å². The summed E-state index contributed by atoms with van der Waals surface area (Å²) in [6, 6.07) is 9.06. The summed E-state index contributed by atoms with van der Waals surface area (Å²) in [5.41, 5.74) is 2.61. The average molecular weight is 300 g/mol. The minimum absolute atomic E-state index is 0.0283. The number of carbonyl (C=O) groups is 2. The molecule has 114 valence electrons. The second kappa shape index (κ2) is 6.01. The van der Waals surface area contributed by atoms with Gasteiger partial charge in [0.15, 0.2) is 5.76 Å². The maximum atomic E-state index is 11.8. The lowest BCUT2D eigenvalue weighted by Gasteiger charge is -2.08. The largest absolute Gasteiger partial charge is 0.458 e. The van der Waals surface area contributed by atoms with Gasteiger partial charge in [-0.3, -0.25) is 4.79 Å².